The van der Waals surface area contributed by atoms with Gasteiger partial charge in [0.1, 0.15) is 12.6 Å². The zero-order chi connectivity index (χ0) is 25.8. The Labute approximate surface area is 205 Å². The second kappa shape index (κ2) is 10.9. The van der Waals surface area contributed by atoms with E-state index in [1.807, 2.05) is 19.2 Å². The first-order valence-corrected chi connectivity index (χ1v) is 12.1. The molecule has 1 fully saturated rings. The molecule has 4 amide bonds. The molecule has 0 radical (unpaired) electrons. The molecule has 1 unspecified atom stereocenters. The van der Waals surface area contributed by atoms with Gasteiger partial charge >= 0.3 is 0 Å². The first-order valence-electron chi connectivity index (χ1n) is 12.1. The van der Waals surface area contributed by atoms with E-state index in [0.29, 0.717) is 10.9 Å². The van der Waals surface area contributed by atoms with Crippen LogP contribution in [0.25, 0.3) is 10.9 Å². The standard InChI is InChI=1S/C25H36N6O4/c1-25(2,3)22(24(35)27-14-19(26)32)28-23(34)21-17-12-8-9-13-18(17)31(29-21)15-20(33)30(4)16-10-6-5-7-11-16/h8-9,12-13,16,22H,5-7,10-11,14-15H2,1-4H3,(H2,26,32)(H,27,35)(H,28,34). The number of carbonyl (C=O) groups is 4. The largest absolute Gasteiger partial charge is 0.368 e. The predicted octanol–water partition coefficient (Wildman–Crippen LogP) is 1.57. The number of aromatic nitrogens is 2. The Morgan fingerprint density at radius 3 is 2.43 bits per heavy atom. The number of para-hydroxylation sites is 1. The lowest BCUT2D eigenvalue weighted by molar-refractivity contribution is -0.133. The third kappa shape index (κ3) is 6.37. The number of primary amides is 1. The molecule has 4 N–H and O–H groups in total. The lowest BCUT2D eigenvalue weighted by Gasteiger charge is -2.31. The fourth-order valence-corrected chi connectivity index (χ4v) is 4.48. The number of rotatable bonds is 8. The van der Waals surface area contributed by atoms with E-state index in [-0.39, 0.29) is 30.7 Å². The van der Waals surface area contributed by atoms with Crippen LogP contribution in [0.1, 0.15) is 63.4 Å². The summed E-state index contributed by atoms with van der Waals surface area (Å²) in [6.45, 7) is 5.10. The molecule has 1 saturated carbocycles. The number of amides is 4. The van der Waals surface area contributed by atoms with Gasteiger partial charge in [-0.2, -0.15) is 5.10 Å². The Bertz CT molecular complexity index is 1100. The van der Waals surface area contributed by atoms with E-state index < -0.39 is 29.2 Å². The van der Waals surface area contributed by atoms with Gasteiger partial charge in [-0.05, 0) is 24.3 Å². The summed E-state index contributed by atoms with van der Waals surface area (Å²) in [5, 5.41) is 10.3. The van der Waals surface area contributed by atoms with Crippen molar-refractivity contribution in [2.24, 2.45) is 11.1 Å². The summed E-state index contributed by atoms with van der Waals surface area (Å²) in [6.07, 6.45) is 5.46. The molecule has 3 rings (SSSR count). The van der Waals surface area contributed by atoms with E-state index in [9.17, 15) is 19.2 Å². The Kier molecular flexibility index (Phi) is 8.14. The Morgan fingerprint density at radius 1 is 1.14 bits per heavy atom. The van der Waals surface area contributed by atoms with Gasteiger partial charge in [0.05, 0.1) is 12.1 Å². The van der Waals surface area contributed by atoms with Crippen molar-refractivity contribution in [1.82, 2.24) is 25.3 Å². The minimum atomic E-state index is -0.933. The van der Waals surface area contributed by atoms with E-state index in [0.717, 1.165) is 25.7 Å². The van der Waals surface area contributed by atoms with Crippen LogP contribution in [-0.4, -0.2) is 64.0 Å². The van der Waals surface area contributed by atoms with E-state index in [4.69, 9.17) is 5.73 Å². The average Bonchev–Trinajstić information content (AvgIpc) is 3.18. The summed E-state index contributed by atoms with van der Waals surface area (Å²) in [7, 11) is 1.83. The molecule has 1 aromatic carbocycles. The molecule has 1 aromatic heterocycles. The van der Waals surface area contributed by atoms with Crippen LogP contribution < -0.4 is 16.4 Å². The van der Waals surface area contributed by atoms with Gasteiger partial charge in [0.15, 0.2) is 5.69 Å². The molecule has 0 aliphatic heterocycles. The van der Waals surface area contributed by atoms with E-state index in [1.54, 1.807) is 42.5 Å². The first-order chi connectivity index (χ1) is 16.5. The van der Waals surface area contributed by atoms with Gasteiger partial charge in [-0.3, -0.25) is 23.9 Å². The minimum absolute atomic E-state index is 0.0165. The van der Waals surface area contributed by atoms with E-state index in [2.05, 4.69) is 15.7 Å². The van der Waals surface area contributed by atoms with Crippen molar-refractivity contribution in [2.45, 2.75) is 71.5 Å². The van der Waals surface area contributed by atoms with Crippen LogP contribution in [0.3, 0.4) is 0 Å². The minimum Gasteiger partial charge on any atom is -0.368 e. The molecule has 1 aliphatic rings. The summed E-state index contributed by atoms with van der Waals surface area (Å²) in [4.78, 5) is 51.9. The molecule has 190 valence electrons. The van der Waals surface area contributed by atoms with Gasteiger partial charge in [0.2, 0.25) is 17.7 Å². The van der Waals surface area contributed by atoms with Crippen LogP contribution in [0.2, 0.25) is 0 Å². The maximum Gasteiger partial charge on any atom is 0.273 e. The van der Waals surface area contributed by atoms with Gasteiger partial charge < -0.3 is 21.3 Å². The molecule has 1 heterocycles. The third-order valence-electron chi connectivity index (χ3n) is 6.51. The van der Waals surface area contributed by atoms with Crippen molar-refractivity contribution in [3.63, 3.8) is 0 Å². The number of benzene rings is 1. The Morgan fingerprint density at radius 2 is 1.80 bits per heavy atom. The highest BCUT2D eigenvalue weighted by molar-refractivity contribution is 6.06. The fraction of sp³-hybridized carbons (Fsp3) is 0.560. The molecular formula is C25H36N6O4. The van der Waals surface area contributed by atoms with Crippen LogP contribution in [0.15, 0.2) is 24.3 Å². The number of nitrogens with zero attached hydrogens (tertiary/aromatic N) is 3. The molecule has 1 aliphatic carbocycles. The SMILES string of the molecule is CN(C(=O)Cn1nc(C(=O)NC(C(=O)NCC(N)=O)C(C)(C)C)c2ccccc21)C1CCCCC1. The molecule has 0 spiro atoms. The molecule has 0 saturated heterocycles. The number of carbonyl (C=O) groups excluding carboxylic acids is 4. The number of fused-ring (bicyclic) bond motifs is 1. The van der Waals surface area contributed by atoms with Crippen LogP contribution in [0.5, 0.6) is 0 Å². The zero-order valence-electron chi connectivity index (χ0n) is 21.0. The van der Waals surface area contributed by atoms with Crippen molar-refractivity contribution in [3.05, 3.63) is 30.0 Å². The molecule has 2 aromatic rings. The highest BCUT2D eigenvalue weighted by Gasteiger charge is 2.34. The zero-order valence-corrected chi connectivity index (χ0v) is 21.0. The van der Waals surface area contributed by atoms with Crippen molar-refractivity contribution in [2.75, 3.05) is 13.6 Å². The van der Waals surface area contributed by atoms with Crippen molar-refractivity contribution < 1.29 is 19.2 Å². The number of hydrogen-bond donors (Lipinski definition) is 3. The van der Waals surface area contributed by atoms with E-state index in [1.165, 1.54) is 6.42 Å². The van der Waals surface area contributed by atoms with Crippen molar-refractivity contribution >= 4 is 34.5 Å². The molecular weight excluding hydrogens is 448 g/mol. The molecule has 10 heteroatoms. The highest BCUT2D eigenvalue weighted by atomic mass is 16.2. The van der Waals surface area contributed by atoms with Gasteiger partial charge in [-0.25, -0.2) is 0 Å². The van der Waals surface area contributed by atoms with Crippen molar-refractivity contribution in [1.29, 1.82) is 0 Å². The first kappa shape index (κ1) is 26.2. The lowest BCUT2D eigenvalue weighted by atomic mass is 9.86. The normalized spacial score (nSPS) is 15.4. The summed E-state index contributed by atoms with van der Waals surface area (Å²) in [5.74, 6) is -1.79. The number of nitrogens with one attached hydrogen (secondary N) is 2. The van der Waals surface area contributed by atoms with Gasteiger partial charge in [0.25, 0.3) is 5.91 Å². The van der Waals surface area contributed by atoms with Crippen LogP contribution in [0.4, 0.5) is 0 Å². The fourth-order valence-electron chi connectivity index (χ4n) is 4.48. The van der Waals surface area contributed by atoms with Crippen LogP contribution in [-0.2, 0) is 20.9 Å². The smallest absolute Gasteiger partial charge is 0.273 e. The second-order valence-corrected chi connectivity index (χ2v) is 10.3. The maximum absolute atomic E-state index is 13.3. The number of likely N-dealkylation sites (N-methyl/N-ethyl adjacent to an activating group) is 1. The Balaban J connectivity index is 1.83. The number of nitrogens with two attached hydrogens (primary N) is 1. The molecule has 10 nitrogen and oxygen atoms in total. The molecule has 35 heavy (non-hydrogen) atoms. The maximum atomic E-state index is 13.3. The van der Waals surface area contributed by atoms with E-state index >= 15 is 0 Å². The third-order valence-corrected chi connectivity index (χ3v) is 6.51. The predicted molar refractivity (Wildman–Crippen MR) is 132 cm³/mol. The average molecular weight is 485 g/mol. The summed E-state index contributed by atoms with van der Waals surface area (Å²) in [6, 6.07) is 6.50. The summed E-state index contributed by atoms with van der Waals surface area (Å²) in [5.41, 5.74) is 5.28. The molecule has 1 atom stereocenters. The summed E-state index contributed by atoms with van der Waals surface area (Å²) >= 11 is 0. The van der Waals surface area contributed by atoms with Crippen LogP contribution in [0, 0.1) is 5.41 Å². The van der Waals surface area contributed by atoms with Gasteiger partial charge in [-0.15, -0.1) is 0 Å². The Hall–Kier alpha value is -3.43. The lowest BCUT2D eigenvalue weighted by Crippen LogP contribution is -2.54. The monoisotopic (exact) mass is 484 g/mol. The highest BCUT2D eigenvalue weighted by Crippen LogP contribution is 2.24. The number of hydrogen-bond acceptors (Lipinski definition) is 5. The van der Waals surface area contributed by atoms with Gasteiger partial charge in [-0.1, -0.05) is 58.2 Å². The topological polar surface area (TPSA) is 139 Å². The van der Waals surface area contributed by atoms with Crippen molar-refractivity contribution in [3.8, 4) is 0 Å². The quantitative estimate of drug-likeness (QED) is 0.522. The second-order valence-electron chi connectivity index (χ2n) is 10.3. The van der Waals surface area contributed by atoms with Gasteiger partial charge in [0, 0.05) is 18.5 Å². The van der Waals surface area contributed by atoms with Crippen LogP contribution >= 0.6 is 0 Å². The summed E-state index contributed by atoms with van der Waals surface area (Å²) < 4.78 is 1.55. The molecule has 0 bridgehead atoms.